The van der Waals surface area contributed by atoms with E-state index in [9.17, 15) is 8.42 Å². The van der Waals surface area contributed by atoms with Crippen LogP contribution in [0.25, 0.3) is 0 Å². The first-order chi connectivity index (χ1) is 8.88. The lowest BCUT2D eigenvalue weighted by atomic mass is 10.3. The van der Waals surface area contributed by atoms with Gasteiger partial charge >= 0.3 is 0 Å². The van der Waals surface area contributed by atoms with Crippen LogP contribution in [0.2, 0.25) is 10.0 Å². The summed E-state index contributed by atoms with van der Waals surface area (Å²) < 4.78 is 26.5. The molecule has 19 heavy (non-hydrogen) atoms. The fourth-order valence-corrected chi connectivity index (χ4v) is 2.99. The van der Waals surface area contributed by atoms with E-state index in [1.165, 1.54) is 42.5 Å². The Kier molecular flexibility index (Phi) is 3.89. The molecule has 7 heteroatoms. The fraction of sp³-hybridized carbons (Fsp3) is 0. The Hall–Kier alpha value is -1.43. The third-order valence-electron chi connectivity index (χ3n) is 2.32. The molecule has 0 atom stereocenters. The van der Waals surface area contributed by atoms with Crippen LogP contribution in [0.3, 0.4) is 0 Å². The minimum absolute atomic E-state index is 0.0107. The van der Waals surface area contributed by atoms with Crippen LogP contribution in [0.5, 0.6) is 5.75 Å². The minimum Gasteiger partial charge on any atom is -0.508 e. The molecule has 0 amide bonds. The molecule has 0 saturated heterocycles. The molecular weight excluding hydrogens is 309 g/mol. The number of benzene rings is 2. The Morgan fingerprint density at radius 3 is 2.21 bits per heavy atom. The fourth-order valence-electron chi connectivity index (χ4n) is 1.40. The van der Waals surface area contributed by atoms with Crippen LogP contribution in [-0.4, -0.2) is 13.5 Å². The molecule has 0 saturated carbocycles. The molecular formula is C12H9Cl2NO3S. The summed E-state index contributed by atoms with van der Waals surface area (Å²) >= 11 is 11.6. The zero-order chi connectivity index (χ0) is 14.0. The number of nitrogens with one attached hydrogen (secondary N) is 1. The summed E-state index contributed by atoms with van der Waals surface area (Å²) in [6.45, 7) is 0. The number of sulfonamides is 1. The first-order valence-electron chi connectivity index (χ1n) is 5.15. The lowest BCUT2D eigenvalue weighted by Crippen LogP contribution is -2.13. The van der Waals surface area contributed by atoms with Crippen molar-refractivity contribution in [2.75, 3.05) is 4.72 Å². The molecule has 0 aliphatic rings. The molecule has 2 aromatic rings. The second kappa shape index (κ2) is 5.28. The van der Waals surface area contributed by atoms with Crippen molar-refractivity contribution >= 4 is 38.9 Å². The third-order valence-corrected chi connectivity index (χ3v) is 4.25. The minimum atomic E-state index is -3.75. The SMILES string of the molecule is O=S(=O)(Nc1ccc(Cl)cc1Cl)c1ccc(O)cc1. The Morgan fingerprint density at radius 1 is 1.00 bits per heavy atom. The number of halogens is 2. The van der Waals surface area contributed by atoms with E-state index >= 15 is 0 Å². The van der Waals surface area contributed by atoms with Crippen molar-refractivity contribution in [1.29, 1.82) is 0 Å². The van der Waals surface area contributed by atoms with Gasteiger partial charge in [-0.1, -0.05) is 23.2 Å². The summed E-state index contributed by atoms with van der Waals surface area (Å²) in [5.74, 6) is -0.0107. The average molecular weight is 318 g/mol. The van der Waals surface area contributed by atoms with E-state index in [0.717, 1.165) is 0 Å². The van der Waals surface area contributed by atoms with Gasteiger partial charge in [-0.3, -0.25) is 4.72 Å². The maximum absolute atomic E-state index is 12.1. The molecule has 0 radical (unpaired) electrons. The Labute approximate surface area is 120 Å². The van der Waals surface area contributed by atoms with Crippen molar-refractivity contribution in [3.8, 4) is 5.75 Å². The molecule has 0 aliphatic carbocycles. The molecule has 100 valence electrons. The van der Waals surface area contributed by atoms with Crippen molar-refractivity contribution in [2.24, 2.45) is 0 Å². The van der Waals surface area contributed by atoms with E-state index in [1.807, 2.05) is 0 Å². The molecule has 4 nitrogen and oxygen atoms in total. The van der Waals surface area contributed by atoms with Gasteiger partial charge in [-0.25, -0.2) is 8.42 Å². The lowest BCUT2D eigenvalue weighted by Gasteiger charge is -2.09. The van der Waals surface area contributed by atoms with E-state index in [4.69, 9.17) is 28.3 Å². The van der Waals surface area contributed by atoms with Gasteiger partial charge in [0.25, 0.3) is 10.0 Å². The van der Waals surface area contributed by atoms with Crippen LogP contribution < -0.4 is 4.72 Å². The van der Waals surface area contributed by atoms with Gasteiger partial charge in [0.2, 0.25) is 0 Å². The van der Waals surface area contributed by atoms with Crippen molar-refractivity contribution in [2.45, 2.75) is 4.90 Å². The summed E-state index contributed by atoms with van der Waals surface area (Å²) in [5.41, 5.74) is 0.235. The number of hydrogen-bond donors (Lipinski definition) is 2. The van der Waals surface area contributed by atoms with Crippen LogP contribution in [0, 0.1) is 0 Å². The molecule has 0 unspecified atom stereocenters. The van der Waals surface area contributed by atoms with E-state index in [-0.39, 0.29) is 21.4 Å². The smallest absolute Gasteiger partial charge is 0.261 e. The maximum Gasteiger partial charge on any atom is 0.261 e. The van der Waals surface area contributed by atoms with Crippen molar-refractivity contribution in [1.82, 2.24) is 0 Å². The molecule has 0 aromatic heterocycles. The lowest BCUT2D eigenvalue weighted by molar-refractivity contribution is 0.475. The Balaban J connectivity index is 2.33. The molecule has 0 heterocycles. The quantitative estimate of drug-likeness (QED) is 0.910. The molecule has 0 aliphatic heterocycles. The van der Waals surface area contributed by atoms with E-state index in [2.05, 4.69) is 4.72 Å². The highest BCUT2D eigenvalue weighted by Gasteiger charge is 2.15. The van der Waals surface area contributed by atoms with Gasteiger partial charge in [0.05, 0.1) is 15.6 Å². The second-order valence-corrected chi connectivity index (χ2v) is 6.25. The number of aromatic hydroxyl groups is 1. The topological polar surface area (TPSA) is 66.4 Å². The zero-order valence-corrected chi connectivity index (χ0v) is 11.8. The molecule has 0 bridgehead atoms. The van der Waals surface area contributed by atoms with Gasteiger partial charge < -0.3 is 5.11 Å². The number of anilines is 1. The predicted molar refractivity (Wildman–Crippen MR) is 75.4 cm³/mol. The molecule has 0 spiro atoms. The van der Waals surface area contributed by atoms with Crippen molar-refractivity contribution in [3.63, 3.8) is 0 Å². The highest BCUT2D eigenvalue weighted by molar-refractivity contribution is 7.92. The zero-order valence-electron chi connectivity index (χ0n) is 9.47. The summed E-state index contributed by atoms with van der Waals surface area (Å²) in [6, 6.07) is 9.61. The summed E-state index contributed by atoms with van der Waals surface area (Å²) in [7, 11) is -3.75. The summed E-state index contributed by atoms with van der Waals surface area (Å²) in [4.78, 5) is 0.0244. The normalized spacial score (nSPS) is 11.3. The van der Waals surface area contributed by atoms with E-state index in [0.29, 0.717) is 5.02 Å². The Bertz CT molecular complexity index is 699. The van der Waals surface area contributed by atoms with Crippen LogP contribution in [0.4, 0.5) is 5.69 Å². The first-order valence-corrected chi connectivity index (χ1v) is 7.39. The highest BCUT2D eigenvalue weighted by Crippen LogP contribution is 2.27. The molecule has 2 aromatic carbocycles. The maximum atomic E-state index is 12.1. The van der Waals surface area contributed by atoms with Crippen LogP contribution in [0.1, 0.15) is 0 Å². The molecule has 0 fully saturated rings. The van der Waals surface area contributed by atoms with Gasteiger partial charge in [-0.2, -0.15) is 0 Å². The van der Waals surface area contributed by atoms with E-state index in [1.54, 1.807) is 0 Å². The monoisotopic (exact) mass is 317 g/mol. The number of hydrogen-bond acceptors (Lipinski definition) is 3. The number of phenols is 1. The Morgan fingerprint density at radius 2 is 1.63 bits per heavy atom. The van der Waals surface area contributed by atoms with Crippen LogP contribution in [0.15, 0.2) is 47.4 Å². The van der Waals surface area contributed by atoms with Gasteiger partial charge in [0.15, 0.2) is 0 Å². The largest absolute Gasteiger partial charge is 0.508 e. The van der Waals surface area contributed by atoms with Gasteiger partial charge in [0.1, 0.15) is 5.75 Å². The summed E-state index contributed by atoms with van der Waals surface area (Å²) in [6.07, 6.45) is 0. The first kappa shape index (κ1) is 14.0. The second-order valence-electron chi connectivity index (χ2n) is 3.72. The molecule has 2 N–H and O–H groups in total. The third kappa shape index (κ3) is 3.32. The number of phenolic OH excluding ortho intramolecular Hbond substituents is 1. The van der Waals surface area contributed by atoms with Crippen molar-refractivity contribution in [3.05, 3.63) is 52.5 Å². The van der Waals surface area contributed by atoms with Crippen molar-refractivity contribution < 1.29 is 13.5 Å². The number of rotatable bonds is 3. The van der Waals surface area contributed by atoms with Gasteiger partial charge in [0, 0.05) is 5.02 Å². The highest BCUT2D eigenvalue weighted by atomic mass is 35.5. The molecule has 2 rings (SSSR count). The predicted octanol–water partition coefficient (Wildman–Crippen LogP) is 3.50. The van der Waals surface area contributed by atoms with E-state index < -0.39 is 10.0 Å². The van der Waals surface area contributed by atoms with Crippen LogP contribution >= 0.6 is 23.2 Å². The van der Waals surface area contributed by atoms with Gasteiger partial charge in [-0.15, -0.1) is 0 Å². The average Bonchev–Trinajstić information content (AvgIpc) is 2.33. The van der Waals surface area contributed by atoms with Crippen LogP contribution in [-0.2, 0) is 10.0 Å². The summed E-state index contributed by atoms with van der Waals surface area (Å²) in [5, 5.41) is 9.75. The standard InChI is InChI=1S/C12H9Cl2NO3S/c13-8-1-6-12(11(14)7-8)15-19(17,18)10-4-2-9(16)3-5-10/h1-7,15-16H. The van der Waals surface area contributed by atoms with Gasteiger partial charge in [-0.05, 0) is 42.5 Å².